The normalized spacial score (nSPS) is 29.0. The van der Waals surface area contributed by atoms with Crippen LogP contribution in [-0.4, -0.2) is 58.4 Å². The standard InChI is InChI=1S/C14H20N4O3/c19-14(21-12-4-6-20-9-12)17-5-3-11(7-17)18-8-13(15-16-18)10-1-2-10/h8,10-12H,1-7,9H2/t11-,12+/m1/s1. The molecular formula is C14H20N4O3. The highest BCUT2D eigenvalue weighted by Crippen LogP contribution is 2.39. The predicted molar refractivity (Wildman–Crippen MR) is 72.9 cm³/mol. The molecule has 1 saturated carbocycles. The molecule has 0 bridgehead atoms. The van der Waals surface area contributed by atoms with Gasteiger partial charge in [-0.15, -0.1) is 5.10 Å². The molecule has 1 aromatic rings. The van der Waals surface area contributed by atoms with Crippen LogP contribution in [0.3, 0.4) is 0 Å². The van der Waals surface area contributed by atoms with Gasteiger partial charge in [-0.1, -0.05) is 5.21 Å². The molecule has 0 aromatic carbocycles. The van der Waals surface area contributed by atoms with Gasteiger partial charge in [0, 0.05) is 31.6 Å². The maximum absolute atomic E-state index is 12.1. The van der Waals surface area contributed by atoms with Crippen molar-refractivity contribution >= 4 is 6.09 Å². The lowest BCUT2D eigenvalue weighted by Crippen LogP contribution is -2.33. The van der Waals surface area contributed by atoms with Crippen LogP contribution in [-0.2, 0) is 9.47 Å². The molecule has 4 rings (SSSR count). The van der Waals surface area contributed by atoms with Gasteiger partial charge in [0.05, 0.1) is 24.9 Å². The summed E-state index contributed by atoms with van der Waals surface area (Å²) in [5, 5.41) is 8.46. The fourth-order valence-electron chi connectivity index (χ4n) is 2.98. The van der Waals surface area contributed by atoms with Crippen LogP contribution >= 0.6 is 0 Å². The number of amides is 1. The quantitative estimate of drug-likeness (QED) is 0.840. The topological polar surface area (TPSA) is 69.5 Å². The molecule has 0 unspecified atom stereocenters. The van der Waals surface area contributed by atoms with E-state index in [9.17, 15) is 4.79 Å². The summed E-state index contributed by atoms with van der Waals surface area (Å²) in [6, 6.07) is 0.220. The van der Waals surface area contributed by atoms with Crippen molar-refractivity contribution in [2.24, 2.45) is 0 Å². The molecule has 0 radical (unpaired) electrons. The van der Waals surface area contributed by atoms with E-state index in [0.29, 0.717) is 25.7 Å². The first kappa shape index (κ1) is 13.1. The number of aromatic nitrogens is 3. The van der Waals surface area contributed by atoms with E-state index in [4.69, 9.17) is 9.47 Å². The summed E-state index contributed by atoms with van der Waals surface area (Å²) in [4.78, 5) is 13.9. The molecule has 3 aliphatic rings. The maximum atomic E-state index is 12.1. The van der Waals surface area contributed by atoms with Gasteiger partial charge in [0.15, 0.2) is 0 Å². The van der Waals surface area contributed by atoms with Gasteiger partial charge in [-0.2, -0.15) is 0 Å². The lowest BCUT2D eigenvalue weighted by atomic mass is 10.2. The van der Waals surface area contributed by atoms with Gasteiger partial charge in [0.2, 0.25) is 0 Å². The average Bonchev–Trinajstić information content (AvgIpc) is 2.94. The van der Waals surface area contributed by atoms with Gasteiger partial charge >= 0.3 is 6.09 Å². The lowest BCUT2D eigenvalue weighted by Gasteiger charge is -2.18. The Bertz CT molecular complexity index is 522. The minimum atomic E-state index is -0.226. The number of carbonyl (C=O) groups is 1. The van der Waals surface area contributed by atoms with E-state index in [0.717, 1.165) is 25.1 Å². The molecular weight excluding hydrogens is 272 g/mol. The van der Waals surface area contributed by atoms with Gasteiger partial charge in [0.25, 0.3) is 0 Å². The van der Waals surface area contributed by atoms with Crippen molar-refractivity contribution in [2.75, 3.05) is 26.3 Å². The molecule has 3 fully saturated rings. The van der Waals surface area contributed by atoms with Crippen molar-refractivity contribution in [3.63, 3.8) is 0 Å². The van der Waals surface area contributed by atoms with Crippen LogP contribution in [0.1, 0.15) is 43.3 Å². The van der Waals surface area contributed by atoms with Crippen molar-refractivity contribution in [2.45, 2.75) is 43.7 Å². The van der Waals surface area contributed by atoms with Gasteiger partial charge in [-0.3, -0.25) is 0 Å². The summed E-state index contributed by atoms with van der Waals surface area (Å²) in [5.74, 6) is 0.614. The third kappa shape index (κ3) is 2.74. The average molecular weight is 292 g/mol. The van der Waals surface area contributed by atoms with E-state index >= 15 is 0 Å². The number of nitrogens with zero attached hydrogens (tertiary/aromatic N) is 4. The Kier molecular flexibility index (Phi) is 3.29. The molecule has 7 nitrogen and oxygen atoms in total. The minimum Gasteiger partial charge on any atom is -0.444 e. The zero-order valence-corrected chi connectivity index (χ0v) is 12.0. The van der Waals surface area contributed by atoms with Gasteiger partial charge in [-0.25, -0.2) is 9.48 Å². The van der Waals surface area contributed by atoms with E-state index in [1.165, 1.54) is 12.8 Å². The Morgan fingerprint density at radius 1 is 1.33 bits per heavy atom. The Labute approximate surface area is 123 Å². The Morgan fingerprint density at radius 3 is 3.00 bits per heavy atom. The van der Waals surface area contributed by atoms with Crippen molar-refractivity contribution in [1.29, 1.82) is 0 Å². The van der Waals surface area contributed by atoms with Crippen LogP contribution in [0.2, 0.25) is 0 Å². The minimum absolute atomic E-state index is 0.0793. The fourth-order valence-corrected chi connectivity index (χ4v) is 2.98. The van der Waals surface area contributed by atoms with E-state index in [2.05, 4.69) is 10.3 Å². The molecule has 114 valence electrons. The predicted octanol–water partition coefficient (Wildman–Crippen LogP) is 1.33. The molecule has 0 spiro atoms. The summed E-state index contributed by atoms with van der Waals surface area (Å²) in [6.07, 6.45) is 5.90. The number of hydrogen-bond acceptors (Lipinski definition) is 5. The third-order valence-corrected chi connectivity index (χ3v) is 4.47. The van der Waals surface area contributed by atoms with Crippen LogP contribution in [0.5, 0.6) is 0 Å². The van der Waals surface area contributed by atoms with Gasteiger partial charge < -0.3 is 14.4 Å². The molecule has 7 heteroatoms. The lowest BCUT2D eigenvalue weighted by molar-refractivity contribution is 0.0589. The SMILES string of the molecule is O=C(O[C@H]1CCOC1)N1CC[C@@H](n2cc(C3CC3)nn2)C1. The molecule has 0 N–H and O–H groups in total. The molecule has 1 amide bonds. The summed E-state index contributed by atoms with van der Waals surface area (Å²) in [5.41, 5.74) is 1.10. The molecule has 1 aromatic heterocycles. The molecule has 2 atom stereocenters. The fraction of sp³-hybridized carbons (Fsp3) is 0.786. The molecule has 2 aliphatic heterocycles. The maximum Gasteiger partial charge on any atom is 0.410 e. The summed E-state index contributed by atoms with van der Waals surface area (Å²) in [6.45, 7) is 2.58. The second kappa shape index (κ2) is 5.29. The van der Waals surface area contributed by atoms with Crippen LogP contribution in [0, 0.1) is 0 Å². The second-order valence-electron chi connectivity index (χ2n) is 6.16. The van der Waals surface area contributed by atoms with Crippen LogP contribution in [0.25, 0.3) is 0 Å². The Balaban J connectivity index is 1.33. The summed E-state index contributed by atoms with van der Waals surface area (Å²) >= 11 is 0. The highest BCUT2D eigenvalue weighted by molar-refractivity contribution is 5.68. The Hall–Kier alpha value is -1.63. The van der Waals surface area contributed by atoms with E-state index in [1.807, 2.05) is 10.9 Å². The van der Waals surface area contributed by atoms with Crippen LogP contribution < -0.4 is 0 Å². The highest BCUT2D eigenvalue weighted by Gasteiger charge is 2.33. The zero-order chi connectivity index (χ0) is 14.2. The number of hydrogen-bond donors (Lipinski definition) is 0. The first-order valence-corrected chi connectivity index (χ1v) is 7.74. The van der Waals surface area contributed by atoms with Crippen LogP contribution in [0.4, 0.5) is 4.79 Å². The van der Waals surface area contributed by atoms with Gasteiger partial charge in [-0.05, 0) is 19.3 Å². The second-order valence-corrected chi connectivity index (χ2v) is 6.16. The van der Waals surface area contributed by atoms with Crippen molar-refractivity contribution in [1.82, 2.24) is 19.9 Å². The molecule has 21 heavy (non-hydrogen) atoms. The Morgan fingerprint density at radius 2 is 2.24 bits per heavy atom. The van der Waals surface area contributed by atoms with E-state index in [-0.39, 0.29) is 18.2 Å². The number of rotatable bonds is 3. The zero-order valence-electron chi connectivity index (χ0n) is 12.0. The smallest absolute Gasteiger partial charge is 0.410 e. The van der Waals surface area contributed by atoms with Gasteiger partial charge in [0.1, 0.15) is 6.10 Å². The van der Waals surface area contributed by atoms with Crippen LogP contribution in [0.15, 0.2) is 6.20 Å². The highest BCUT2D eigenvalue weighted by atomic mass is 16.6. The largest absolute Gasteiger partial charge is 0.444 e. The first-order chi connectivity index (χ1) is 10.3. The number of likely N-dealkylation sites (tertiary alicyclic amines) is 1. The molecule has 1 aliphatic carbocycles. The first-order valence-electron chi connectivity index (χ1n) is 7.74. The number of carbonyl (C=O) groups excluding carboxylic acids is 1. The third-order valence-electron chi connectivity index (χ3n) is 4.47. The number of ether oxygens (including phenoxy) is 2. The van der Waals surface area contributed by atoms with E-state index < -0.39 is 0 Å². The monoisotopic (exact) mass is 292 g/mol. The van der Waals surface area contributed by atoms with E-state index in [1.54, 1.807) is 4.90 Å². The molecule has 3 heterocycles. The van der Waals surface area contributed by atoms with Crippen molar-refractivity contribution in [3.05, 3.63) is 11.9 Å². The van der Waals surface area contributed by atoms with Crippen molar-refractivity contribution in [3.8, 4) is 0 Å². The van der Waals surface area contributed by atoms with Crippen molar-refractivity contribution < 1.29 is 14.3 Å². The summed E-state index contributed by atoms with van der Waals surface area (Å²) < 4.78 is 12.6. The molecule has 2 saturated heterocycles. The summed E-state index contributed by atoms with van der Waals surface area (Å²) in [7, 11) is 0.